The van der Waals surface area contributed by atoms with Crippen LogP contribution in [0.15, 0.2) is 69.6 Å². The highest BCUT2D eigenvalue weighted by Gasteiger charge is 2.64. The molecule has 9 aliphatic rings. The van der Waals surface area contributed by atoms with E-state index in [2.05, 4.69) is 60.9 Å². The number of hydrogen-bond donors (Lipinski definition) is 0. The van der Waals surface area contributed by atoms with E-state index in [-0.39, 0.29) is 107 Å². The number of allylic oxidation sites excluding steroid dienone is 2. The Labute approximate surface area is 305 Å². The van der Waals surface area contributed by atoms with Gasteiger partial charge in [0.2, 0.25) is 0 Å². The molecule has 258 valence electrons. The molecule has 0 N–H and O–H groups in total. The number of rotatable bonds is 2. The third kappa shape index (κ3) is 5.04. The Bertz CT molecular complexity index is 1720. The second kappa shape index (κ2) is 12.1. The van der Waals surface area contributed by atoms with Crippen molar-refractivity contribution in [1.29, 1.82) is 0 Å². The highest BCUT2D eigenvalue weighted by Crippen LogP contribution is 2.63. The summed E-state index contributed by atoms with van der Waals surface area (Å²) in [4.78, 5) is 70.7. The van der Waals surface area contributed by atoms with Gasteiger partial charge in [0.05, 0.1) is 35.5 Å². The summed E-state index contributed by atoms with van der Waals surface area (Å²) in [6.07, 6.45) is 8.83. The number of fused-ring (bicyclic) bond motifs is 15. The first kappa shape index (κ1) is 32.5. The molecule has 6 aliphatic carbocycles. The van der Waals surface area contributed by atoms with E-state index in [1.54, 1.807) is 0 Å². The number of benzene rings is 2. The van der Waals surface area contributed by atoms with Gasteiger partial charge >= 0.3 is 35.8 Å². The molecule has 9 nitrogen and oxygen atoms in total. The van der Waals surface area contributed by atoms with Gasteiger partial charge in [0.1, 0.15) is 0 Å². The monoisotopic (exact) mass is 804 g/mol. The Morgan fingerprint density at radius 3 is 1.14 bits per heavy atom. The van der Waals surface area contributed by atoms with Crippen molar-refractivity contribution in [2.45, 2.75) is 43.9 Å². The van der Waals surface area contributed by atoms with Crippen molar-refractivity contribution >= 4 is 67.7 Å². The molecule has 5 saturated carbocycles. The minimum absolute atomic E-state index is 0.146. The Kier molecular flexibility index (Phi) is 7.84. The average molecular weight is 807 g/mol. The van der Waals surface area contributed by atoms with Crippen LogP contribution in [0.5, 0.6) is 0 Å². The maximum Gasteiger partial charge on any atom is 0.318 e. The third-order valence-electron chi connectivity index (χ3n) is 13.3. The number of carbonyl (C=O) groups is 6. The SMILES string of the molecule is Brc1ccc(Br)cc1.O=C1OC(=O)C2C3C=CC(C3)C12.O=C1OC(=O)C2C3CC(CC3c3ccc(C4CC5CC4C4C(=O)OC(=O)C54)cc3)C12. The molecule has 3 saturated heterocycles. The Balaban J connectivity index is 0.000000137. The van der Waals surface area contributed by atoms with Crippen molar-refractivity contribution in [2.75, 3.05) is 0 Å². The lowest BCUT2D eigenvalue weighted by Gasteiger charge is -2.30. The fraction of sp³-hybridized carbons (Fsp3) is 0.487. The molecule has 11 heteroatoms. The number of cyclic esters (lactones) is 6. The summed E-state index contributed by atoms with van der Waals surface area (Å²) in [7, 11) is 0. The molecule has 0 aromatic heterocycles. The number of esters is 6. The predicted molar refractivity (Wildman–Crippen MR) is 181 cm³/mol. The van der Waals surface area contributed by atoms with Gasteiger partial charge in [0.25, 0.3) is 0 Å². The zero-order valence-corrected chi connectivity index (χ0v) is 30.0. The molecule has 14 unspecified atom stereocenters. The van der Waals surface area contributed by atoms with Gasteiger partial charge in [0.15, 0.2) is 0 Å². The summed E-state index contributed by atoms with van der Waals surface area (Å²) in [5, 5.41) is 0. The van der Waals surface area contributed by atoms with E-state index in [9.17, 15) is 28.8 Å². The Hall–Kier alpha value is -3.44. The van der Waals surface area contributed by atoms with Gasteiger partial charge in [-0.05, 0) is 115 Å². The Morgan fingerprint density at radius 2 is 0.760 bits per heavy atom. The summed E-state index contributed by atoms with van der Waals surface area (Å²) in [6, 6.07) is 16.6. The van der Waals surface area contributed by atoms with Crippen molar-refractivity contribution in [3.63, 3.8) is 0 Å². The lowest BCUT2D eigenvalue weighted by Crippen LogP contribution is -2.29. The first-order valence-corrected chi connectivity index (χ1v) is 19.1. The van der Waals surface area contributed by atoms with Crippen LogP contribution in [0.25, 0.3) is 0 Å². The van der Waals surface area contributed by atoms with Crippen LogP contribution in [0.2, 0.25) is 0 Å². The quantitative estimate of drug-likeness (QED) is 0.149. The standard InChI is InChI=1S/C24H22O6.C9H8O3.C6H4Br2/c25-21-17-11-5-13(15(7-11)19(17)23(27)29-21)9-1-2-10(4-3-9)14-6-12-8-16(14)20-18(12)22(26)30-24(20)28;10-8-6-4-1-2-5(3-4)7(6)9(11)12-8;7-5-1-2-6(8)4-3-5/h1-4,11-20H,5-8H2;1-2,4-7H,3H2;1-4H. The molecular weight excluding hydrogens is 772 g/mol. The van der Waals surface area contributed by atoms with Crippen LogP contribution in [0.4, 0.5) is 0 Å². The molecule has 14 atom stereocenters. The van der Waals surface area contributed by atoms with Crippen LogP contribution in [0.1, 0.15) is 55.1 Å². The van der Waals surface area contributed by atoms with Crippen molar-refractivity contribution < 1.29 is 43.0 Å². The lowest BCUT2D eigenvalue weighted by atomic mass is 9.71. The highest BCUT2D eigenvalue weighted by molar-refractivity contribution is 9.11. The largest absolute Gasteiger partial charge is 0.393 e. The molecule has 6 bridgehead atoms. The average Bonchev–Trinajstić information content (AvgIpc) is 3.95. The van der Waals surface area contributed by atoms with Gasteiger partial charge in [-0.1, -0.05) is 68.3 Å². The molecule has 3 aliphatic heterocycles. The minimum atomic E-state index is -0.326. The molecule has 0 amide bonds. The van der Waals surface area contributed by atoms with E-state index in [1.807, 2.05) is 36.4 Å². The van der Waals surface area contributed by atoms with E-state index >= 15 is 0 Å². The predicted octanol–water partition coefficient (Wildman–Crippen LogP) is 6.28. The molecule has 2 aromatic rings. The van der Waals surface area contributed by atoms with Crippen LogP contribution >= 0.6 is 31.9 Å². The molecule has 11 rings (SSSR count). The summed E-state index contributed by atoms with van der Waals surface area (Å²) in [5.74, 6) is -1.04. The van der Waals surface area contributed by atoms with Gasteiger partial charge < -0.3 is 14.2 Å². The topological polar surface area (TPSA) is 130 Å². The maximum atomic E-state index is 12.2. The second-order valence-corrected chi connectivity index (χ2v) is 17.3. The van der Waals surface area contributed by atoms with Crippen molar-refractivity contribution in [1.82, 2.24) is 0 Å². The van der Waals surface area contributed by atoms with Crippen LogP contribution in [-0.4, -0.2) is 35.8 Å². The summed E-state index contributed by atoms with van der Waals surface area (Å²) in [6.45, 7) is 0. The summed E-state index contributed by atoms with van der Waals surface area (Å²) >= 11 is 6.65. The van der Waals surface area contributed by atoms with Crippen molar-refractivity contribution in [3.8, 4) is 0 Å². The molecule has 0 radical (unpaired) electrons. The molecular formula is C39H34Br2O9. The molecule has 0 spiro atoms. The van der Waals surface area contributed by atoms with E-state index in [1.165, 1.54) is 11.1 Å². The molecule has 3 heterocycles. The highest BCUT2D eigenvalue weighted by atomic mass is 79.9. The summed E-state index contributed by atoms with van der Waals surface area (Å²) in [5.41, 5.74) is 2.46. The molecule has 50 heavy (non-hydrogen) atoms. The lowest BCUT2D eigenvalue weighted by molar-refractivity contribution is -0.156. The zero-order chi connectivity index (χ0) is 34.6. The Morgan fingerprint density at radius 1 is 0.420 bits per heavy atom. The third-order valence-corrected chi connectivity index (χ3v) is 14.4. The molecule has 8 fully saturated rings. The van der Waals surface area contributed by atoms with Crippen LogP contribution < -0.4 is 0 Å². The maximum absolute atomic E-state index is 12.2. The van der Waals surface area contributed by atoms with E-state index in [0.717, 1.165) is 41.0 Å². The van der Waals surface area contributed by atoms with Crippen molar-refractivity contribution in [2.24, 2.45) is 71.0 Å². The van der Waals surface area contributed by atoms with Gasteiger partial charge in [-0.3, -0.25) is 28.8 Å². The van der Waals surface area contributed by atoms with E-state index in [0.29, 0.717) is 11.8 Å². The normalized spacial score (nSPS) is 41.6. The smallest absolute Gasteiger partial charge is 0.318 e. The fourth-order valence-electron chi connectivity index (χ4n) is 11.4. The van der Waals surface area contributed by atoms with Gasteiger partial charge in [-0.15, -0.1) is 0 Å². The number of hydrogen-bond acceptors (Lipinski definition) is 9. The number of halogens is 2. The van der Waals surface area contributed by atoms with Crippen LogP contribution in [-0.2, 0) is 43.0 Å². The summed E-state index contributed by atoms with van der Waals surface area (Å²) < 4.78 is 16.7. The second-order valence-electron chi connectivity index (χ2n) is 15.4. The molecule has 2 aromatic carbocycles. The number of ether oxygens (including phenoxy) is 3. The number of carbonyl (C=O) groups excluding carboxylic acids is 6. The van der Waals surface area contributed by atoms with Crippen LogP contribution in [0, 0.1) is 71.0 Å². The van der Waals surface area contributed by atoms with Crippen LogP contribution in [0.3, 0.4) is 0 Å². The van der Waals surface area contributed by atoms with Gasteiger partial charge in [-0.25, -0.2) is 0 Å². The first-order chi connectivity index (χ1) is 24.1. The minimum Gasteiger partial charge on any atom is -0.393 e. The van der Waals surface area contributed by atoms with E-state index < -0.39 is 0 Å². The zero-order valence-electron chi connectivity index (χ0n) is 26.8. The van der Waals surface area contributed by atoms with Crippen molar-refractivity contribution in [3.05, 3.63) is 80.8 Å². The van der Waals surface area contributed by atoms with Gasteiger partial charge in [-0.2, -0.15) is 0 Å². The van der Waals surface area contributed by atoms with Gasteiger partial charge in [0, 0.05) is 8.95 Å². The first-order valence-electron chi connectivity index (χ1n) is 17.5. The fourth-order valence-corrected chi connectivity index (χ4v) is 11.9. The van der Waals surface area contributed by atoms with E-state index in [4.69, 9.17) is 9.47 Å².